The summed E-state index contributed by atoms with van der Waals surface area (Å²) in [5, 5.41) is 0. The number of rotatable bonds is 6. The minimum absolute atomic E-state index is 0.187. The van der Waals surface area contributed by atoms with Crippen LogP contribution in [0.1, 0.15) is 26.7 Å². The standard InChI is InChI=1S/C9H15BrO4/c1-3-13-8(11)5-7(10)6-9(12)14-4-2/h7H,3-6H2,1-2H3. The highest BCUT2D eigenvalue weighted by Crippen LogP contribution is 2.11. The lowest BCUT2D eigenvalue weighted by Crippen LogP contribution is -2.16. The molecule has 0 atom stereocenters. The van der Waals surface area contributed by atoms with E-state index in [4.69, 9.17) is 9.47 Å². The normalized spacial score (nSPS) is 10.0. The van der Waals surface area contributed by atoms with Crippen molar-refractivity contribution in [1.29, 1.82) is 0 Å². The monoisotopic (exact) mass is 266 g/mol. The molecule has 0 fully saturated rings. The SMILES string of the molecule is CCOC(=O)CC(Br)CC(=O)OCC. The van der Waals surface area contributed by atoms with E-state index in [1.54, 1.807) is 13.8 Å². The van der Waals surface area contributed by atoms with Crippen LogP contribution in [0.25, 0.3) is 0 Å². The van der Waals surface area contributed by atoms with E-state index in [9.17, 15) is 9.59 Å². The third-order valence-electron chi connectivity index (χ3n) is 1.39. The minimum Gasteiger partial charge on any atom is -0.466 e. The first kappa shape index (κ1) is 13.4. The van der Waals surface area contributed by atoms with Crippen LogP contribution in [0.3, 0.4) is 0 Å². The first-order chi connectivity index (χ1) is 6.60. The second kappa shape index (κ2) is 7.79. The number of carbonyl (C=O) groups excluding carboxylic acids is 2. The minimum atomic E-state index is -0.307. The summed E-state index contributed by atoms with van der Waals surface area (Å²) in [5.41, 5.74) is 0. The molecular weight excluding hydrogens is 252 g/mol. The maximum Gasteiger partial charge on any atom is 0.306 e. The van der Waals surface area contributed by atoms with E-state index in [0.717, 1.165) is 0 Å². The molecule has 0 bridgehead atoms. The third-order valence-corrected chi connectivity index (χ3v) is 2.03. The molecule has 0 N–H and O–H groups in total. The van der Waals surface area contributed by atoms with Crippen LogP contribution >= 0.6 is 15.9 Å². The van der Waals surface area contributed by atoms with Crippen LogP contribution in [0, 0.1) is 0 Å². The van der Waals surface area contributed by atoms with E-state index in [-0.39, 0.29) is 29.6 Å². The molecule has 0 amide bonds. The van der Waals surface area contributed by atoms with Gasteiger partial charge in [0.2, 0.25) is 0 Å². The Morgan fingerprint density at radius 2 is 1.43 bits per heavy atom. The Balaban J connectivity index is 3.68. The summed E-state index contributed by atoms with van der Waals surface area (Å²) in [7, 11) is 0. The van der Waals surface area contributed by atoms with Gasteiger partial charge in [-0.3, -0.25) is 9.59 Å². The smallest absolute Gasteiger partial charge is 0.306 e. The Labute approximate surface area is 92.1 Å². The molecule has 0 heterocycles. The lowest BCUT2D eigenvalue weighted by Gasteiger charge is -2.07. The molecule has 0 saturated carbocycles. The molecule has 0 rings (SSSR count). The maximum absolute atomic E-state index is 11.0. The van der Waals surface area contributed by atoms with Crippen molar-refractivity contribution in [3.8, 4) is 0 Å². The van der Waals surface area contributed by atoms with Crippen molar-refractivity contribution in [3.05, 3.63) is 0 Å². The summed E-state index contributed by atoms with van der Waals surface area (Å²) < 4.78 is 9.47. The predicted octanol–water partition coefficient (Wildman–Crippen LogP) is 1.66. The van der Waals surface area contributed by atoms with Gasteiger partial charge in [-0.2, -0.15) is 0 Å². The Bertz CT molecular complexity index is 173. The second-order valence-corrected chi connectivity index (χ2v) is 3.91. The van der Waals surface area contributed by atoms with Gasteiger partial charge < -0.3 is 9.47 Å². The summed E-state index contributed by atoms with van der Waals surface area (Å²) in [6.07, 6.45) is 0.374. The first-order valence-corrected chi connectivity index (χ1v) is 5.47. The number of hydrogen-bond acceptors (Lipinski definition) is 4. The molecule has 0 aliphatic rings. The number of alkyl halides is 1. The summed E-state index contributed by atoms with van der Waals surface area (Å²) in [5.74, 6) is -0.614. The van der Waals surface area contributed by atoms with Gasteiger partial charge in [0.05, 0.1) is 26.1 Å². The molecule has 0 saturated heterocycles. The largest absolute Gasteiger partial charge is 0.466 e. The molecule has 0 aromatic heterocycles. The number of ether oxygens (including phenoxy) is 2. The highest BCUT2D eigenvalue weighted by Gasteiger charge is 2.15. The molecule has 0 aliphatic carbocycles. The van der Waals surface area contributed by atoms with Crippen molar-refractivity contribution >= 4 is 27.9 Å². The number of hydrogen-bond donors (Lipinski definition) is 0. The van der Waals surface area contributed by atoms with Gasteiger partial charge in [-0.15, -0.1) is 0 Å². The van der Waals surface area contributed by atoms with Gasteiger partial charge in [0.15, 0.2) is 0 Å². The van der Waals surface area contributed by atoms with Crippen LogP contribution < -0.4 is 0 Å². The number of esters is 2. The van der Waals surface area contributed by atoms with Crippen molar-refractivity contribution in [2.45, 2.75) is 31.5 Å². The van der Waals surface area contributed by atoms with Gasteiger partial charge >= 0.3 is 11.9 Å². The zero-order valence-electron chi connectivity index (χ0n) is 8.42. The number of carbonyl (C=O) groups is 2. The van der Waals surface area contributed by atoms with Gasteiger partial charge in [0, 0.05) is 4.83 Å². The fraction of sp³-hybridized carbons (Fsp3) is 0.778. The summed E-state index contributed by atoms with van der Waals surface area (Å²) in [6, 6.07) is 0. The van der Waals surface area contributed by atoms with Gasteiger partial charge in [-0.1, -0.05) is 15.9 Å². The maximum atomic E-state index is 11.0. The van der Waals surface area contributed by atoms with Gasteiger partial charge in [0.1, 0.15) is 0 Å². The first-order valence-electron chi connectivity index (χ1n) is 4.55. The number of halogens is 1. The molecular formula is C9H15BrO4. The molecule has 0 aromatic carbocycles. The van der Waals surface area contributed by atoms with Crippen LogP contribution in [-0.4, -0.2) is 30.0 Å². The van der Waals surface area contributed by atoms with Crippen LogP contribution in [0.2, 0.25) is 0 Å². The summed E-state index contributed by atoms with van der Waals surface area (Å²) in [6.45, 7) is 4.20. The van der Waals surface area contributed by atoms with Gasteiger partial charge in [-0.25, -0.2) is 0 Å². The average Bonchev–Trinajstić information content (AvgIpc) is 2.03. The lowest BCUT2D eigenvalue weighted by molar-refractivity contribution is -0.144. The van der Waals surface area contributed by atoms with Crippen LogP contribution in [0.4, 0.5) is 0 Å². The fourth-order valence-corrected chi connectivity index (χ4v) is 1.40. The Hall–Kier alpha value is -0.580. The highest BCUT2D eigenvalue weighted by molar-refractivity contribution is 9.09. The molecule has 5 heteroatoms. The summed E-state index contributed by atoms with van der Waals surface area (Å²) >= 11 is 3.22. The van der Waals surface area contributed by atoms with E-state index in [2.05, 4.69) is 15.9 Å². The van der Waals surface area contributed by atoms with Crippen molar-refractivity contribution in [2.75, 3.05) is 13.2 Å². The molecule has 0 aromatic rings. The molecule has 0 spiro atoms. The predicted molar refractivity (Wildman–Crippen MR) is 55.2 cm³/mol. The molecule has 4 nitrogen and oxygen atoms in total. The van der Waals surface area contributed by atoms with E-state index in [1.807, 2.05) is 0 Å². The van der Waals surface area contributed by atoms with E-state index >= 15 is 0 Å². The van der Waals surface area contributed by atoms with Gasteiger partial charge in [-0.05, 0) is 13.8 Å². The lowest BCUT2D eigenvalue weighted by atomic mass is 10.2. The summed E-state index contributed by atoms with van der Waals surface area (Å²) in [4.78, 5) is 21.8. The third kappa shape index (κ3) is 6.88. The van der Waals surface area contributed by atoms with Crippen molar-refractivity contribution < 1.29 is 19.1 Å². The van der Waals surface area contributed by atoms with Crippen LogP contribution in [-0.2, 0) is 19.1 Å². The Morgan fingerprint density at radius 1 is 1.07 bits per heavy atom. The van der Waals surface area contributed by atoms with E-state index in [0.29, 0.717) is 13.2 Å². The second-order valence-electron chi connectivity index (χ2n) is 2.62. The van der Waals surface area contributed by atoms with Crippen molar-refractivity contribution in [2.24, 2.45) is 0 Å². The van der Waals surface area contributed by atoms with Gasteiger partial charge in [0.25, 0.3) is 0 Å². The molecule has 0 radical (unpaired) electrons. The Morgan fingerprint density at radius 3 is 1.71 bits per heavy atom. The fourth-order valence-electron chi connectivity index (χ4n) is 0.874. The van der Waals surface area contributed by atoms with Crippen LogP contribution in [0.15, 0.2) is 0 Å². The zero-order valence-corrected chi connectivity index (χ0v) is 10.0. The van der Waals surface area contributed by atoms with E-state index < -0.39 is 0 Å². The van der Waals surface area contributed by atoms with Crippen molar-refractivity contribution in [3.63, 3.8) is 0 Å². The topological polar surface area (TPSA) is 52.6 Å². The Kier molecular flexibility index (Phi) is 7.47. The quantitative estimate of drug-likeness (QED) is 0.542. The molecule has 0 aliphatic heterocycles. The van der Waals surface area contributed by atoms with E-state index in [1.165, 1.54) is 0 Å². The zero-order chi connectivity index (χ0) is 11.0. The van der Waals surface area contributed by atoms with Crippen LogP contribution in [0.5, 0.6) is 0 Å². The highest BCUT2D eigenvalue weighted by atomic mass is 79.9. The average molecular weight is 267 g/mol. The molecule has 82 valence electrons. The molecule has 14 heavy (non-hydrogen) atoms. The van der Waals surface area contributed by atoms with Crippen molar-refractivity contribution in [1.82, 2.24) is 0 Å². The molecule has 0 unspecified atom stereocenters.